The second-order valence-corrected chi connectivity index (χ2v) is 5.50. The first-order chi connectivity index (χ1) is 8.15. The van der Waals surface area contributed by atoms with Crippen LogP contribution < -0.4 is 5.32 Å². The highest BCUT2D eigenvalue weighted by Gasteiger charge is 2.40. The minimum absolute atomic E-state index is 0.0456. The molecule has 1 saturated carbocycles. The van der Waals surface area contributed by atoms with Crippen molar-refractivity contribution in [3.63, 3.8) is 0 Å². The number of amides is 1. The number of nitrogens with one attached hydrogen (secondary N) is 1. The van der Waals surface area contributed by atoms with Gasteiger partial charge in [0.05, 0.1) is 0 Å². The minimum atomic E-state index is 0.0456. The van der Waals surface area contributed by atoms with Crippen LogP contribution in [0.15, 0.2) is 0 Å². The molecule has 0 radical (unpaired) electrons. The van der Waals surface area contributed by atoms with E-state index in [9.17, 15) is 4.79 Å². The van der Waals surface area contributed by atoms with Gasteiger partial charge in [-0.25, -0.2) is 0 Å². The van der Waals surface area contributed by atoms with Crippen molar-refractivity contribution in [1.82, 2.24) is 15.1 Å². The quantitative estimate of drug-likeness (QED) is 0.777. The van der Waals surface area contributed by atoms with Gasteiger partial charge in [0.15, 0.2) is 0 Å². The van der Waals surface area contributed by atoms with Gasteiger partial charge in [-0.1, -0.05) is 6.92 Å². The van der Waals surface area contributed by atoms with Crippen LogP contribution in [-0.2, 0) is 4.79 Å². The minimum Gasteiger partial charge on any atom is -0.347 e. The van der Waals surface area contributed by atoms with E-state index in [1.165, 1.54) is 19.3 Å². The molecule has 2 aliphatic rings. The molecule has 2 unspecified atom stereocenters. The van der Waals surface area contributed by atoms with Crippen molar-refractivity contribution in [3.8, 4) is 0 Å². The molecule has 0 aromatic rings. The molecule has 17 heavy (non-hydrogen) atoms. The first kappa shape index (κ1) is 12.8. The second kappa shape index (κ2) is 5.36. The highest BCUT2D eigenvalue weighted by Crippen LogP contribution is 2.37. The van der Waals surface area contributed by atoms with Gasteiger partial charge in [-0.15, -0.1) is 0 Å². The fraction of sp³-hybridized carbons (Fsp3) is 0.923. The predicted octanol–water partition coefficient (Wildman–Crippen LogP) is 0.537. The first-order valence-corrected chi connectivity index (χ1v) is 6.82. The fourth-order valence-corrected chi connectivity index (χ4v) is 2.96. The van der Waals surface area contributed by atoms with E-state index in [-0.39, 0.29) is 11.9 Å². The van der Waals surface area contributed by atoms with Gasteiger partial charge < -0.3 is 10.2 Å². The summed E-state index contributed by atoms with van der Waals surface area (Å²) >= 11 is 0. The van der Waals surface area contributed by atoms with Crippen LogP contribution in [0.1, 0.15) is 26.2 Å². The fourth-order valence-electron chi connectivity index (χ4n) is 2.96. The molecular weight excluding hydrogens is 214 g/mol. The SMILES string of the molecule is CCC(C1CC1)N1CCNCC1C(=O)N(C)C. The van der Waals surface area contributed by atoms with Crippen molar-refractivity contribution >= 4 is 5.91 Å². The van der Waals surface area contributed by atoms with Crippen LogP contribution in [0.5, 0.6) is 0 Å². The molecule has 1 aliphatic heterocycles. The van der Waals surface area contributed by atoms with Gasteiger partial charge in [-0.05, 0) is 25.2 Å². The van der Waals surface area contributed by atoms with Crippen molar-refractivity contribution in [1.29, 1.82) is 0 Å². The number of rotatable bonds is 4. The summed E-state index contributed by atoms with van der Waals surface area (Å²) < 4.78 is 0. The molecule has 98 valence electrons. The third-order valence-electron chi connectivity index (χ3n) is 4.02. The Morgan fingerprint density at radius 2 is 2.18 bits per heavy atom. The summed E-state index contributed by atoms with van der Waals surface area (Å²) in [5, 5.41) is 3.35. The van der Waals surface area contributed by atoms with E-state index in [0.29, 0.717) is 6.04 Å². The molecule has 0 bridgehead atoms. The molecule has 2 fully saturated rings. The normalized spacial score (nSPS) is 27.8. The number of hydrogen-bond donors (Lipinski definition) is 1. The standard InChI is InChI=1S/C13H25N3O/c1-4-11(10-5-6-10)16-8-7-14-9-12(16)13(17)15(2)3/h10-12,14H,4-9H2,1-3H3. The van der Waals surface area contributed by atoms with Crippen LogP contribution >= 0.6 is 0 Å². The number of carbonyl (C=O) groups excluding carboxylic acids is 1. The Hall–Kier alpha value is -0.610. The zero-order valence-electron chi connectivity index (χ0n) is 11.3. The Labute approximate surface area is 104 Å². The number of piperazine rings is 1. The van der Waals surface area contributed by atoms with Crippen LogP contribution in [0.4, 0.5) is 0 Å². The predicted molar refractivity (Wildman–Crippen MR) is 68.9 cm³/mol. The Kier molecular flexibility index (Phi) is 4.05. The van der Waals surface area contributed by atoms with E-state index in [1.54, 1.807) is 4.90 Å². The summed E-state index contributed by atoms with van der Waals surface area (Å²) in [4.78, 5) is 16.4. The van der Waals surface area contributed by atoms with Crippen molar-refractivity contribution < 1.29 is 4.79 Å². The second-order valence-electron chi connectivity index (χ2n) is 5.50. The molecule has 1 N–H and O–H groups in total. The highest BCUT2D eigenvalue weighted by molar-refractivity contribution is 5.81. The summed E-state index contributed by atoms with van der Waals surface area (Å²) in [7, 11) is 3.71. The lowest BCUT2D eigenvalue weighted by Gasteiger charge is -2.41. The largest absolute Gasteiger partial charge is 0.347 e. The summed E-state index contributed by atoms with van der Waals surface area (Å²) in [5.74, 6) is 1.09. The van der Waals surface area contributed by atoms with Crippen molar-refractivity contribution in [3.05, 3.63) is 0 Å². The van der Waals surface area contributed by atoms with Gasteiger partial charge in [0.2, 0.25) is 5.91 Å². The zero-order chi connectivity index (χ0) is 12.4. The molecule has 1 aliphatic carbocycles. The zero-order valence-corrected chi connectivity index (χ0v) is 11.3. The van der Waals surface area contributed by atoms with E-state index in [4.69, 9.17) is 0 Å². The molecule has 4 heteroatoms. The molecule has 1 saturated heterocycles. The topological polar surface area (TPSA) is 35.6 Å². The Balaban J connectivity index is 2.07. The highest BCUT2D eigenvalue weighted by atomic mass is 16.2. The first-order valence-electron chi connectivity index (χ1n) is 6.82. The lowest BCUT2D eigenvalue weighted by Crippen LogP contribution is -2.60. The van der Waals surface area contributed by atoms with Gasteiger partial charge in [0.1, 0.15) is 6.04 Å². The third kappa shape index (κ3) is 2.80. The lowest BCUT2D eigenvalue weighted by atomic mass is 10.0. The monoisotopic (exact) mass is 239 g/mol. The van der Waals surface area contributed by atoms with Crippen LogP contribution in [0.25, 0.3) is 0 Å². The van der Waals surface area contributed by atoms with E-state index < -0.39 is 0 Å². The summed E-state index contributed by atoms with van der Waals surface area (Å²) in [6.45, 7) is 5.09. The smallest absolute Gasteiger partial charge is 0.240 e. The Morgan fingerprint density at radius 3 is 2.71 bits per heavy atom. The van der Waals surface area contributed by atoms with Crippen molar-refractivity contribution in [2.75, 3.05) is 33.7 Å². The van der Waals surface area contributed by atoms with Gasteiger partial charge in [-0.2, -0.15) is 0 Å². The van der Waals surface area contributed by atoms with Crippen LogP contribution in [-0.4, -0.2) is 61.5 Å². The number of likely N-dealkylation sites (N-methyl/N-ethyl adjacent to an activating group) is 1. The van der Waals surface area contributed by atoms with Crippen LogP contribution in [0, 0.1) is 5.92 Å². The molecule has 1 heterocycles. The van der Waals surface area contributed by atoms with E-state index >= 15 is 0 Å². The maximum atomic E-state index is 12.2. The molecule has 2 rings (SSSR count). The van der Waals surface area contributed by atoms with Gasteiger partial charge >= 0.3 is 0 Å². The van der Waals surface area contributed by atoms with Crippen LogP contribution in [0.2, 0.25) is 0 Å². The van der Waals surface area contributed by atoms with Gasteiger partial charge in [0, 0.05) is 39.8 Å². The van der Waals surface area contributed by atoms with E-state index in [0.717, 1.165) is 25.6 Å². The molecule has 1 amide bonds. The molecular formula is C13H25N3O. The average molecular weight is 239 g/mol. The maximum Gasteiger partial charge on any atom is 0.240 e. The number of nitrogens with zero attached hydrogens (tertiary/aromatic N) is 2. The molecule has 0 spiro atoms. The molecule has 0 aromatic carbocycles. The number of carbonyl (C=O) groups is 1. The Bertz CT molecular complexity index is 276. The Morgan fingerprint density at radius 1 is 1.47 bits per heavy atom. The molecule has 4 nitrogen and oxygen atoms in total. The van der Waals surface area contributed by atoms with E-state index in [2.05, 4.69) is 17.1 Å². The maximum absolute atomic E-state index is 12.2. The third-order valence-corrected chi connectivity index (χ3v) is 4.02. The van der Waals surface area contributed by atoms with Gasteiger partial charge in [-0.3, -0.25) is 9.69 Å². The van der Waals surface area contributed by atoms with Gasteiger partial charge in [0.25, 0.3) is 0 Å². The van der Waals surface area contributed by atoms with E-state index in [1.807, 2.05) is 14.1 Å². The van der Waals surface area contributed by atoms with Crippen molar-refractivity contribution in [2.24, 2.45) is 5.92 Å². The molecule has 0 aromatic heterocycles. The summed E-state index contributed by atoms with van der Waals surface area (Å²) in [6, 6.07) is 0.662. The van der Waals surface area contributed by atoms with Crippen LogP contribution in [0.3, 0.4) is 0 Å². The average Bonchev–Trinajstić information content (AvgIpc) is 3.14. The molecule has 2 atom stereocenters. The lowest BCUT2D eigenvalue weighted by molar-refractivity contribution is -0.136. The summed E-state index contributed by atoms with van der Waals surface area (Å²) in [5.41, 5.74) is 0. The number of hydrogen-bond acceptors (Lipinski definition) is 3. The van der Waals surface area contributed by atoms with Crippen molar-refractivity contribution in [2.45, 2.75) is 38.3 Å². The summed E-state index contributed by atoms with van der Waals surface area (Å²) in [6.07, 6.45) is 3.87.